The molecule has 2 saturated heterocycles. The zero-order valence-corrected chi connectivity index (χ0v) is 15.7. The molecule has 0 aromatic carbocycles. The van der Waals surface area contributed by atoms with Gasteiger partial charge in [-0.1, -0.05) is 0 Å². The predicted molar refractivity (Wildman–Crippen MR) is 103 cm³/mol. The SMILES string of the molecule is Cc1cc(Nc2cnc3ncc(N4CC5CC[C@@H](C4)N5CCC#N)n3n2)n[nH]1. The minimum absolute atomic E-state index is 0.485. The summed E-state index contributed by atoms with van der Waals surface area (Å²) in [5, 5.41) is 23.9. The number of piperazine rings is 1. The molecular formula is C18H22N10. The van der Waals surface area contributed by atoms with Gasteiger partial charge in [0.1, 0.15) is 0 Å². The third kappa shape index (κ3) is 2.93. The number of H-pyrrole nitrogens is 1. The number of rotatable bonds is 5. The molecule has 10 heteroatoms. The second kappa shape index (κ2) is 6.76. The highest BCUT2D eigenvalue weighted by Crippen LogP contribution is 2.32. The lowest BCUT2D eigenvalue weighted by Gasteiger charge is -2.41. The van der Waals surface area contributed by atoms with Crippen molar-refractivity contribution in [2.75, 3.05) is 29.9 Å². The van der Waals surface area contributed by atoms with Crippen molar-refractivity contribution in [3.05, 3.63) is 24.2 Å². The first-order chi connectivity index (χ1) is 13.7. The summed E-state index contributed by atoms with van der Waals surface area (Å²) in [4.78, 5) is 13.7. The fourth-order valence-electron chi connectivity index (χ4n) is 4.37. The molecule has 0 spiro atoms. The number of hydrogen-bond donors (Lipinski definition) is 2. The van der Waals surface area contributed by atoms with Crippen molar-refractivity contribution in [1.29, 1.82) is 5.26 Å². The Hall–Kier alpha value is -3.19. The van der Waals surface area contributed by atoms with E-state index in [0.29, 0.717) is 35.9 Å². The zero-order valence-electron chi connectivity index (χ0n) is 15.7. The van der Waals surface area contributed by atoms with Crippen molar-refractivity contribution in [2.24, 2.45) is 0 Å². The third-order valence-corrected chi connectivity index (χ3v) is 5.61. The number of imidazole rings is 1. The molecule has 10 nitrogen and oxygen atoms in total. The van der Waals surface area contributed by atoms with Gasteiger partial charge in [-0.3, -0.25) is 10.00 Å². The molecule has 5 heterocycles. The van der Waals surface area contributed by atoms with Crippen molar-refractivity contribution >= 4 is 23.2 Å². The Morgan fingerprint density at radius 2 is 2.00 bits per heavy atom. The third-order valence-electron chi connectivity index (χ3n) is 5.61. The van der Waals surface area contributed by atoms with E-state index < -0.39 is 0 Å². The molecule has 2 aliphatic rings. The number of nitrogens with one attached hydrogen (secondary N) is 2. The van der Waals surface area contributed by atoms with Crippen LogP contribution in [0.2, 0.25) is 0 Å². The van der Waals surface area contributed by atoms with Crippen LogP contribution in [0.5, 0.6) is 0 Å². The summed E-state index contributed by atoms with van der Waals surface area (Å²) in [5.41, 5.74) is 0.976. The number of aromatic nitrogens is 6. The van der Waals surface area contributed by atoms with Crippen LogP contribution in [0.3, 0.4) is 0 Å². The van der Waals surface area contributed by atoms with E-state index in [2.05, 4.69) is 46.4 Å². The largest absolute Gasteiger partial charge is 0.352 e. The van der Waals surface area contributed by atoms with Gasteiger partial charge in [0.15, 0.2) is 17.5 Å². The van der Waals surface area contributed by atoms with Gasteiger partial charge in [0.25, 0.3) is 5.78 Å². The molecule has 2 aliphatic heterocycles. The Kier molecular flexibility index (Phi) is 4.09. The quantitative estimate of drug-likeness (QED) is 0.686. The van der Waals surface area contributed by atoms with E-state index in [-0.39, 0.29) is 0 Å². The van der Waals surface area contributed by atoms with Crippen molar-refractivity contribution in [1.82, 2.24) is 34.7 Å². The average Bonchev–Trinajstić information content (AvgIpc) is 3.36. The van der Waals surface area contributed by atoms with E-state index in [4.69, 9.17) is 5.26 Å². The molecule has 3 aromatic heterocycles. The fourth-order valence-corrected chi connectivity index (χ4v) is 4.37. The van der Waals surface area contributed by atoms with Gasteiger partial charge in [-0.2, -0.15) is 14.9 Å². The summed E-state index contributed by atoms with van der Waals surface area (Å²) in [6.45, 7) is 4.66. The lowest BCUT2D eigenvalue weighted by molar-refractivity contribution is 0.172. The standard InChI is InChI=1S/C18H22N10/c1-12-7-15(24-23-12)22-16-8-20-18-21-9-17(28(18)25-16)26-10-13-3-4-14(11-26)27(13)6-2-5-19/h7-9,13-14H,2-4,6,10-11H2,1H3,(H2,22,23,24,25)/t13-,14?/m0/s1. The second-order valence-electron chi connectivity index (χ2n) is 7.47. The van der Waals surface area contributed by atoms with Crippen LogP contribution in [0, 0.1) is 18.3 Å². The first kappa shape index (κ1) is 16.9. The van der Waals surface area contributed by atoms with Crippen LogP contribution in [0.25, 0.3) is 5.78 Å². The van der Waals surface area contributed by atoms with Crippen LogP contribution >= 0.6 is 0 Å². The van der Waals surface area contributed by atoms with E-state index in [1.54, 1.807) is 10.7 Å². The Bertz CT molecular complexity index is 1020. The van der Waals surface area contributed by atoms with Crippen molar-refractivity contribution < 1.29 is 0 Å². The van der Waals surface area contributed by atoms with E-state index in [1.807, 2.05) is 19.2 Å². The number of anilines is 3. The molecule has 2 atom stereocenters. The summed E-state index contributed by atoms with van der Waals surface area (Å²) in [6.07, 6.45) is 6.47. The smallest absolute Gasteiger partial charge is 0.252 e. The summed E-state index contributed by atoms with van der Waals surface area (Å²) in [6, 6.07) is 5.16. The fraction of sp³-hybridized carbons (Fsp3) is 0.500. The summed E-state index contributed by atoms with van der Waals surface area (Å²) in [7, 11) is 0. The number of aryl methyl sites for hydroxylation is 1. The number of nitriles is 1. The van der Waals surface area contributed by atoms with Gasteiger partial charge in [0, 0.05) is 49.9 Å². The molecular weight excluding hydrogens is 356 g/mol. The van der Waals surface area contributed by atoms with Crippen LogP contribution in [0.15, 0.2) is 18.5 Å². The first-order valence-corrected chi connectivity index (χ1v) is 9.59. The molecule has 28 heavy (non-hydrogen) atoms. The van der Waals surface area contributed by atoms with Gasteiger partial charge in [-0.25, -0.2) is 9.97 Å². The molecule has 1 unspecified atom stereocenters. The molecule has 5 rings (SSSR count). The maximum absolute atomic E-state index is 8.92. The Morgan fingerprint density at radius 3 is 2.71 bits per heavy atom. The van der Waals surface area contributed by atoms with Gasteiger partial charge in [-0.15, -0.1) is 5.10 Å². The molecule has 144 valence electrons. The van der Waals surface area contributed by atoms with Crippen LogP contribution < -0.4 is 10.2 Å². The normalized spacial score (nSPS) is 21.9. The van der Waals surface area contributed by atoms with E-state index in [9.17, 15) is 0 Å². The maximum atomic E-state index is 8.92. The lowest BCUT2D eigenvalue weighted by atomic mass is 10.2. The van der Waals surface area contributed by atoms with Gasteiger partial charge in [0.05, 0.1) is 18.5 Å². The van der Waals surface area contributed by atoms with E-state index in [0.717, 1.165) is 31.1 Å². The molecule has 0 saturated carbocycles. The Morgan fingerprint density at radius 1 is 1.21 bits per heavy atom. The number of fused-ring (bicyclic) bond motifs is 3. The second-order valence-corrected chi connectivity index (χ2v) is 7.47. The highest BCUT2D eigenvalue weighted by molar-refractivity contribution is 5.53. The van der Waals surface area contributed by atoms with E-state index >= 15 is 0 Å². The molecule has 0 aliphatic carbocycles. The average molecular weight is 378 g/mol. The molecule has 3 aromatic rings. The van der Waals surface area contributed by atoms with Crippen molar-refractivity contribution in [2.45, 2.75) is 38.3 Å². The van der Waals surface area contributed by atoms with Gasteiger partial charge >= 0.3 is 0 Å². The minimum atomic E-state index is 0.485. The zero-order chi connectivity index (χ0) is 19.1. The highest BCUT2D eigenvalue weighted by Gasteiger charge is 2.40. The van der Waals surface area contributed by atoms with Gasteiger partial charge in [0.2, 0.25) is 0 Å². The maximum Gasteiger partial charge on any atom is 0.252 e. The Labute approximate surface area is 162 Å². The molecule has 0 amide bonds. The summed E-state index contributed by atoms with van der Waals surface area (Å²) >= 11 is 0. The van der Waals surface area contributed by atoms with Crippen molar-refractivity contribution in [3.63, 3.8) is 0 Å². The first-order valence-electron chi connectivity index (χ1n) is 9.59. The van der Waals surface area contributed by atoms with Crippen LogP contribution in [0.1, 0.15) is 25.0 Å². The van der Waals surface area contributed by atoms with Crippen molar-refractivity contribution in [3.8, 4) is 6.07 Å². The number of hydrogen-bond acceptors (Lipinski definition) is 8. The molecule has 2 bridgehead atoms. The van der Waals surface area contributed by atoms with Crippen LogP contribution in [-0.2, 0) is 0 Å². The van der Waals surface area contributed by atoms with Crippen LogP contribution in [0.4, 0.5) is 17.5 Å². The molecule has 2 N–H and O–H groups in total. The minimum Gasteiger partial charge on any atom is -0.352 e. The van der Waals surface area contributed by atoms with Crippen LogP contribution in [-0.4, -0.2) is 66.4 Å². The van der Waals surface area contributed by atoms with Gasteiger partial charge in [-0.05, 0) is 19.8 Å². The molecule has 2 fully saturated rings. The molecule has 0 radical (unpaired) electrons. The topological polar surface area (TPSA) is 114 Å². The highest BCUT2D eigenvalue weighted by atomic mass is 15.4. The number of aromatic amines is 1. The van der Waals surface area contributed by atoms with E-state index in [1.165, 1.54) is 12.8 Å². The summed E-state index contributed by atoms with van der Waals surface area (Å²) < 4.78 is 1.80. The Balaban J connectivity index is 1.39. The lowest BCUT2D eigenvalue weighted by Crippen LogP contribution is -2.54. The monoisotopic (exact) mass is 378 g/mol. The summed E-state index contributed by atoms with van der Waals surface area (Å²) in [5.74, 6) is 2.87. The van der Waals surface area contributed by atoms with Gasteiger partial charge < -0.3 is 10.2 Å². The number of nitrogens with zero attached hydrogens (tertiary/aromatic N) is 8. The predicted octanol–water partition coefficient (Wildman–Crippen LogP) is 1.47.